The molecule has 1 saturated carbocycles. The van der Waals surface area contributed by atoms with Crippen molar-refractivity contribution < 1.29 is 0 Å². The third-order valence-electron chi connectivity index (χ3n) is 4.72. The van der Waals surface area contributed by atoms with Gasteiger partial charge in [0.25, 0.3) is 0 Å². The van der Waals surface area contributed by atoms with Crippen LogP contribution in [0.4, 0.5) is 0 Å². The molecular formula is C16H32S. The van der Waals surface area contributed by atoms with Crippen LogP contribution in [0.5, 0.6) is 0 Å². The molecule has 0 aliphatic heterocycles. The zero-order chi connectivity index (χ0) is 12.8. The summed E-state index contributed by atoms with van der Waals surface area (Å²) in [6, 6.07) is 0. The van der Waals surface area contributed by atoms with E-state index in [9.17, 15) is 0 Å². The zero-order valence-corrected chi connectivity index (χ0v) is 13.2. The summed E-state index contributed by atoms with van der Waals surface area (Å²) in [5.74, 6) is 3.43. The molecule has 1 fully saturated rings. The predicted molar refractivity (Wildman–Crippen MR) is 81.7 cm³/mol. The van der Waals surface area contributed by atoms with Gasteiger partial charge in [-0.05, 0) is 36.5 Å². The average Bonchev–Trinajstić information content (AvgIpc) is 2.29. The molecule has 0 heterocycles. The molecule has 1 aliphatic rings. The molecule has 17 heavy (non-hydrogen) atoms. The van der Waals surface area contributed by atoms with Gasteiger partial charge in [0.15, 0.2) is 0 Å². The molecule has 0 aromatic rings. The van der Waals surface area contributed by atoms with Crippen LogP contribution < -0.4 is 0 Å². The van der Waals surface area contributed by atoms with Crippen LogP contribution in [0.1, 0.15) is 72.6 Å². The molecule has 0 bridgehead atoms. The SMILES string of the molecule is CCC(S)C(C(C)C)C(C)CC1CCCCC1. The lowest BCUT2D eigenvalue weighted by Gasteiger charge is -2.35. The lowest BCUT2D eigenvalue weighted by atomic mass is 9.74. The van der Waals surface area contributed by atoms with Gasteiger partial charge in [0.05, 0.1) is 0 Å². The molecule has 0 radical (unpaired) electrons. The summed E-state index contributed by atoms with van der Waals surface area (Å²) in [7, 11) is 0. The van der Waals surface area contributed by atoms with Crippen LogP contribution in [0.3, 0.4) is 0 Å². The third kappa shape index (κ3) is 4.85. The highest BCUT2D eigenvalue weighted by Gasteiger charge is 2.28. The summed E-state index contributed by atoms with van der Waals surface area (Å²) in [6.45, 7) is 9.50. The Balaban J connectivity index is 2.48. The van der Waals surface area contributed by atoms with Gasteiger partial charge in [-0.2, -0.15) is 12.6 Å². The van der Waals surface area contributed by atoms with E-state index in [0.29, 0.717) is 5.25 Å². The van der Waals surface area contributed by atoms with E-state index in [0.717, 1.165) is 23.7 Å². The van der Waals surface area contributed by atoms with Crippen LogP contribution >= 0.6 is 12.6 Å². The first kappa shape index (κ1) is 15.4. The van der Waals surface area contributed by atoms with E-state index in [1.807, 2.05) is 0 Å². The minimum absolute atomic E-state index is 0.591. The monoisotopic (exact) mass is 256 g/mol. The largest absolute Gasteiger partial charge is 0.176 e. The van der Waals surface area contributed by atoms with Gasteiger partial charge in [-0.25, -0.2) is 0 Å². The standard InChI is InChI=1S/C16H32S/c1-5-15(17)16(12(2)3)13(4)11-14-9-7-6-8-10-14/h12-17H,5-11H2,1-4H3. The second-order valence-corrected chi connectivity index (χ2v) is 7.18. The van der Waals surface area contributed by atoms with Gasteiger partial charge in [0, 0.05) is 5.25 Å². The second kappa shape index (κ2) is 7.71. The fourth-order valence-corrected chi connectivity index (χ4v) is 4.50. The topological polar surface area (TPSA) is 0 Å². The highest BCUT2D eigenvalue weighted by molar-refractivity contribution is 7.81. The molecule has 0 saturated heterocycles. The van der Waals surface area contributed by atoms with Crippen LogP contribution in [-0.2, 0) is 0 Å². The number of rotatable bonds is 6. The predicted octanol–water partition coefficient (Wildman–Crippen LogP) is 5.57. The molecule has 0 aromatic carbocycles. The van der Waals surface area contributed by atoms with E-state index >= 15 is 0 Å². The Bertz CT molecular complexity index is 194. The second-order valence-electron chi connectivity index (χ2n) is 6.51. The Kier molecular flexibility index (Phi) is 6.99. The fourth-order valence-electron chi connectivity index (χ4n) is 3.86. The van der Waals surface area contributed by atoms with Crippen molar-refractivity contribution in [2.24, 2.45) is 23.7 Å². The summed E-state index contributed by atoms with van der Waals surface area (Å²) in [5.41, 5.74) is 0. The minimum Gasteiger partial charge on any atom is -0.176 e. The number of hydrogen-bond donors (Lipinski definition) is 1. The fraction of sp³-hybridized carbons (Fsp3) is 1.00. The maximum absolute atomic E-state index is 4.82. The van der Waals surface area contributed by atoms with Gasteiger partial charge < -0.3 is 0 Å². The molecule has 0 nitrogen and oxygen atoms in total. The molecule has 102 valence electrons. The van der Waals surface area contributed by atoms with Gasteiger partial charge in [0.2, 0.25) is 0 Å². The quantitative estimate of drug-likeness (QED) is 0.590. The maximum Gasteiger partial charge on any atom is 0.00474 e. The lowest BCUT2D eigenvalue weighted by Crippen LogP contribution is -2.29. The first-order chi connectivity index (χ1) is 8.06. The van der Waals surface area contributed by atoms with Crippen molar-refractivity contribution in [2.75, 3.05) is 0 Å². The first-order valence-electron chi connectivity index (χ1n) is 7.74. The van der Waals surface area contributed by atoms with Gasteiger partial charge in [-0.15, -0.1) is 0 Å². The molecular weight excluding hydrogens is 224 g/mol. The summed E-state index contributed by atoms with van der Waals surface area (Å²) in [5, 5.41) is 0.591. The molecule has 0 spiro atoms. The third-order valence-corrected chi connectivity index (χ3v) is 5.43. The molecule has 0 aromatic heterocycles. The van der Waals surface area contributed by atoms with Crippen molar-refractivity contribution in [2.45, 2.75) is 77.9 Å². The van der Waals surface area contributed by atoms with Gasteiger partial charge in [-0.3, -0.25) is 0 Å². The Labute approximate surface area is 114 Å². The van der Waals surface area contributed by atoms with Crippen molar-refractivity contribution in [1.82, 2.24) is 0 Å². The van der Waals surface area contributed by atoms with Crippen molar-refractivity contribution in [1.29, 1.82) is 0 Å². The molecule has 0 N–H and O–H groups in total. The molecule has 1 heteroatoms. The van der Waals surface area contributed by atoms with E-state index in [1.54, 1.807) is 0 Å². The van der Waals surface area contributed by atoms with Crippen LogP contribution in [0.25, 0.3) is 0 Å². The number of hydrogen-bond acceptors (Lipinski definition) is 1. The smallest absolute Gasteiger partial charge is 0.00474 e. The van der Waals surface area contributed by atoms with Crippen LogP contribution in [0.2, 0.25) is 0 Å². The van der Waals surface area contributed by atoms with Crippen LogP contribution in [0.15, 0.2) is 0 Å². The molecule has 0 amide bonds. The highest BCUT2D eigenvalue weighted by Crippen LogP contribution is 2.37. The van der Waals surface area contributed by atoms with Crippen molar-refractivity contribution in [3.63, 3.8) is 0 Å². The molecule has 1 aliphatic carbocycles. The van der Waals surface area contributed by atoms with Crippen molar-refractivity contribution in [3.8, 4) is 0 Å². The highest BCUT2D eigenvalue weighted by atomic mass is 32.1. The maximum atomic E-state index is 4.82. The van der Waals surface area contributed by atoms with Gasteiger partial charge in [0.1, 0.15) is 0 Å². The van der Waals surface area contributed by atoms with Crippen molar-refractivity contribution >= 4 is 12.6 Å². The Morgan fingerprint density at radius 3 is 2.12 bits per heavy atom. The number of thiol groups is 1. The van der Waals surface area contributed by atoms with Crippen LogP contribution in [0, 0.1) is 23.7 Å². The first-order valence-corrected chi connectivity index (χ1v) is 8.25. The Morgan fingerprint density at radius 1 is 1.06 bits per heavy atom. The molecule has 1 rings (SSSR count). The van der Waals surface area contributed by atoms with E-state index in [-0.39, 0.29) is 0 Å². The van der Waals surface area contributed by atoms with E-state index in [2.05, 4.69) is 27.7 Å². The van der Waals surface area contributed by atoms with E-state index < -0.39 is 0 Å². The Hall–Kier alpha value is 0.350. The minimum atomic E-state index is 0.591. The summed E-state index contributed by atoms with van der Waals surface area (Å²) in [4.78, 5) is 0. The lowest BCUT2D eigenvalue weighted by molar-refractivity contribution is 0.199. The molecule has 3 unspecified atom stereocenters. The zero-order valence-electron chi connectivity index (χ0n) is 12.3. The van der Waals surface area contributed by atoms with Gasteiger partial charge in [-0.1, -0.05) is 59.8 Å². The van der Waals surface area contributed by atoms with Crippen LogP contribution in [-0.4, -0.2) is 5.25 Å². The summed E-state index contributed by atoms with van der Waals surface area (Å²) >= 11 is 4.82. The normalized spacial score (nSPS) is 23.6. The summed E-state index contributed by atoms with van der Waals surface area (Å²) in [6.07, 6.45) is 10.0. The average molecular weight is 256 g/mol. The van der Waals surface area contributed by atoms with Gasteiger partial charge >= 0.3 is 0 Å². The van der Waals surface area contributed by atoms with E-state index in [1.165, 1.54) is 44.9 Å². The Morgan fingerprint density at radius 2 is 1.65 bits per heavy atom. The molecule has 3 atom stereocenters. The summed E-state index contributed by atoms with van der Waals surface area (Å²) < 4.78 is 0. The van der Waals surface area contributed by atoms with Crippen molar-refractivity contribution in [3.05, 3.63) is 0 Å². The van der Waals surface area contributed by atoms with E-state index in [4.69, 9.17) is 12.6 Å².